The molecule has 0 saturated carbocycles. The van der Waals surface area contributed by atoms with Crippen molar-refractivity contribution in [3.8, 4) is 0 Å². The Morgan fingerprint density at radius 1 is 0.889 bits per heavy atom. The molecule has 2 amide bonds. The van der Waals surface area contributed by atoms with E-state index < -0.39 is 29.1 Å². The van der Waals surface area contributed by atoms with E-state index in [0.717, 1.165) is 41.8 Å². The van der Waals surface area contributed by atoms with Gasteiger partial charge in [0.25, 0.3) is 5.56 Å². The number of hydrogen-bond acceptors (Lipinski definition) is 6. The molecule has 1 N–H and O–H groups in total. The fourth-order valence-corrected chi connectivity index (χ4v) is 4.72. The fraction of sp³-hybridized carbons (Fsp3) is 0.667. The van der Waals surface area contributed by atoms with Crippen LogP contribution in [0.15, 0.2) is 9.59 Å². The zero-order chi connectivity index (χ0) is 19.5. The SMILES string of the molecule is CN1C(=O)[C@@H]2[C@@H](Cc3c(c(=O)n(C)c(=O)n3C)[C@@H]2NN2CCCCC2)C1=O. The molecule has 1 aromatic rings. The van der Waals surface area contributed by atoms with Crippen LogP contribution in [-0.2, 0) is 30.1 Å². The number of piperidine rings is 1. The number of aromatic nitrogens is 2. The van der Waals surface area contributed by atoms with Crippen LogP contribution in [0.3, 0.4) is 0 Å². The largest absolute Gasteiger partial charge is 0.330 e. The van der Waals surface area contributed by atoms with E-state index in [2.05, 4.69) is 5.43 Å². The van der Waals surface area contributed by atoms with Crippen molar-refractivity contribution in [1.29, 1.82) is 0 Å². The highest BCUT2D eigenvalue weighted by molar-refractivity contribution is 6.05. The molecule has 146 valence electrons. The number of carbonyl (C=O) groups is 2. The van der Waals surface area contributed by atoms with E-state index in [1.165, 1.54) is 18.7 Å². The lowest BCUT2D eigenvalue weighted by Gasteiger charge is -2.38. The van der Waals surface area contributed by atoms with Crippen LogP contribution in [0.5, 0.6) is 0 Å². The van der Waals surface area contributed by atoms with E-state index in [9.17, 15) is 19.2 Å². The Morgan fingerprint density at radius 2 is 1.56 bits per heavy atom. The Bertz CT molecular complexity index is 927. The monoisotopic (exact) mass is 375 g/mol. The second kappa shape index (κ2) is 6.42. The number of nitrogens with one attached hydrogen (secondary N) is 1. The number of nitrogens with zero attached hydrogens (tertiary/aromatic N) is 4. The molecule has 1 aliphatic carbocycles. The molecule has 3 heterocycles. The molecule has 4 rings (SSSR count). The van der Waals surface area contributed by atoms with E-state index in [4.69, 9.17) is 0 Å². The number of hydrogen-bond donors (Lipinski definition) is 1. The van der Waals surface area contributed by atoms with Gasteiger partial charge in [-0.3, -0.25) is 23.9 Å². The van der Waals surface area contributed by atoms with Crippen molar-refractivity contribution >= 4 is 11.8 Å². The summed E-state index contributed by atoms with van der Waals surface area (Å²) in [6, 6.07) is -0.608. The van der Waals surface area contributed by atoms with Gasteiger partial charge in [0.2, 0.25) is 11.8 Å². The van der Waals surface area contributed by atoms with Gasteiger partial charge >= 0.3 is 5.69 Å². The van der Waals surface area contributed by atoms with Gasteiger partial charge in [0, 0.05) is 46.3 Å². The summed E-state index contributed by atoms with van der Waals surface area (Å²) in [5.74, 6) is -1.67. The average Bonchev–Trinajstić information content (AvgIpc) is 2.89. The summed E-state index contributed by atoms with van der Waals surface area (Å²) in [6.07, 6.45) is 3.47. The molecule has 3 aliphatic rings. The maximum Gasteiger partial charge on any atom is 0.330 e. The molecule has 3 atom stereocenters. The lowest BCUT2D eigenvalue weighted by Crippen LogP contribution is -2.54. The normalized spacial score (nSPS) is 28.4. The van der Waals surface area contributed by atoms with Crippen molar-refractivity contribution in [2.75, 3.05) is 20.1 Å². The van der Waals surface area contributed by atoms with Crippen molar-refractivity contribution in [2.24, 2.45) is 25.9 Å². The first-order valence-corrected chi connectivity index (χ1v) is 9.44. The number of amides is 2. The minimum absolute atomic E-state index is 0.231. The summed E-state index contributed by atoms with van der Waals surface area (Å²) in [5.41, 5.74) is 3.55. The Hall–Kier alpha value is -2.26. The first kappa shape index (κ1) is 18.1. The van der Waals surface area contributed by atoms with Crippen LogP contribution in [0.2, 0.25) is 0 Å². The quantitative estimate of drug-likeness (QED) is 0.660. The summed E-state index contributed by atoms with van der Waals surface area (Å²) in [6.45, 7) is 1.65. The van der Waals surface area contributed by atoms with Gasteiger partial charge in [0.05, 0.1) is 23.4 Å². The molecule has 0 unspecified atom stereocenters. The lowest BCUT2D eigenvalue weighted by molar-refractivity contribution is -0.138. The van der Waals surface area contributed by atoms with Crippen molar-refractivity contribution in [2.45, 2.75) is 31.7 Å². The number of likely N-dealkylation sites (tertiary alicyclic amines) is 1. The Balaban J connectivity index is 1.88. The Kier molecular flexibility index (Phi) is 4.31. The number of carbonyl (C=O) groups excluding carboxylic acids is 2. The summed E-state index contributed by atoms with van der Waals surface area (Å²) in [4.78, 5) is 52.0. The van der Waals surface area contributed by atoms with Gasteiger partial charge in [-0.2, -0.15) is 0 Å². The van der Waals surface area contributed by atoms with E-state index in [0.29, 0.717) is 11.3 Å². The summed E-state index contributed by atoms with van der Waals surface area (Å²) in [7, 11) is 4.55. The zero-order valence-corrected chi connectivity index (χ0v) is 15.9. The second-order valence-electron chi connectivity index (χ2n) is 7.79. The number of hydrazine groups is 1. The van der Waals surface area contributed by atoms with Gasteiger partial charge in [-0.15, -0.1) is 0 Å². The number of imide groups is 1. The molecule has 0 radical (unpaired) electrons. The van der Waals surface area contributed by atoms with Gasteiger partial charge < -0.3 is 4.57 Å². The maximum absolute atomic E-state index is 13.0. The summed E-state index contributed by atoms with van der Waals surface area (Å²) < 4.78 is 2.52. The van der Waals surface area contributed by atoms with Crippen LogP contribution >= 0.6 is 0 Å². The minimum atomic E-state index is -0.623. The minimum Gasteiger partial charge on any atom is -0.300 e. The van der Waals surface area contributed by atoms with Crippen LogP contribution in [0.25, 0.3) is 0 Å². The third-order valence-corrected chi connectivity index (χ3v) is 6.28. The van der Waals surface area contributed by atoms with Crippen molar-refractivity contribution in [1.82, 2.24) is 24.5 Å². The van der Waals surface area contributed by atoms with Gasteiger partial charge in [-0.25, -0.2) is 15.2 Å². The van der Waals surface area contributed by atoms with Gasteiger partial charge in [-0.1, -0.05) is 6.42 Å². The maximum atomic E-state index is 13.0. The van der Waals surface area contributed by atoms with Crippen LogP contribution in [-0.4, -0.2) is 51.0 Å². The summed E-state index contributed by atoms with van der Waals surface area (Å²) >= 11 is 0. The first-order chi connectivity index (χ1) is 12.8. The Labute approximate surface area is 156 Å². The predicted octanol–water partition coefficient (Wildman–Crippen LogP) is -1.10. The van der Waals surface area contributed by atoms with Crippen molar-refractivity contribution in [3.05, 3.63) is 32.1 Å². The standard InChI is InChI=1S/C18H25N5O4/c1-20-11-9-10-12(16(25)21(2)15(10)24)14(19-23-7-5-4-6-8-23)13(11)17(26)22(3)18(20)27/h10,12,14,19H,4-9H2,1-3H3/t10-,12-,14-/m1/s1. The molecule has 0 bridgehead atoms. The molecule has 27 heavy (non-hydrogen) atoms. The van der Waals surface area contributed by atoms with E-state index in [1.807, 2.05) is 5.01 Å². The van der Waals surface area contributed by atoms with Crippen LogP contribution in [0, 0.1) is 11.8 Å². The molecule has 0 spiro atoms. The highest BCUT2D eigenvalue weighted by atomic mass is 16.2. The highest BCUT2D eigenvalue weighted by Gasteiger charge is 2.54. The number of rotatable bonds is 2. The second-order valence-corrected chi connectivity index (χ2v) is 7.79. The predicted molar refractivity (Wildman–Crippen MR) is 96.7 cm³/mol. The molecule has 0 aromatic carbocycles. The van der Waals surface area contributed by atoms with Gasteiger partial charge in [-0.05, 0) is 12.8 Å². The average molecular weight is 375 g/mol. The molecule has 1 aromatic heterocycles. The lowest BCUT2D eigenvalue weighted by atomic mass is 9.76. The number of fused-ring (bicyclic) bond motifs is 2. The zero-order valence-electron chi connectivity index (χ0n) is 15.9. The van der Waals surface area contributed by atoms with Crippen molar-refractivity contribution < 1.29 is 9.59 Å². The highest BCUT2D eigenvalue weighted by Crippen LogP contribution is 2.42. The van der Waals surface area contributed by atoms with E-state index >= 15 is 0 Å². The molecule has 9 heteroatoms. The summed E-state index contributed by atoms with van der Waals surface area (Å²) in [5, 5.41) is 2.04. The van der Waals surface area contributed by atoms with E-state index in [-0.39, 0.29) is 18.2 Å². The molecule has 2 saturated heterocycles. The molecule has 2 aliphatic heterocycles. The Morgan fingerprint density at radius 3 is 2.22 bits per heavy atom. The van der Waals surface area contributed by atoms with Crippen molar-refractivity contribution in [3.63, 3.8) is 0 Å². The smallest absolute Gasteiger partial charge is 0.300 e. The van der Waals surface area contributed by atoms with Gasteiger partial charge in [0.15, 0.2) is 0 Å². The third-order valence-electron chi connectivity index (χ3n) is 6.28. The molecular weight excluding hydrogens is 350 g/mol. The molecule has 2 fully saturated rings. The first-order valence-electron chi connectivity index (χ1n) is 9.44. The van der Waals surface area contributed by atoms with Crippen LogP contribution in [0.1, 0.15) is 36.6 Å². The third kappa shape index (κ3) is 2.60. The molecule has 9 nitrogen and oxygen atoms in total. The topological polar surface area (TPSA) is 96.7 Å². The van der Waals surface area contributed by atoms with E-state index in [1.54, 1.807) is 7.05 Å². The fourth-order valence-electron chi connectivity index (χ4n) is 4.72. The van der Waals surface area contributed by atoms with Gasteiger partial charge in [0.1, 0.15) is 0 Å². The molecular formula is C18H25N5O4. The van der Waals surface area contributed by atoms with Crippen LogP contribution < -0.4 is 16.7 Å². The van der Waals surface area contributed by atoms with Crippen LogP contribution in [0.4, 0.5) is 0 Å².